The molecule has 3 amide bonds. The molecule has 0 bridgehead atoms. The third-order valence-electron chi connectivity index (χ3n) is 10.9. The number of nitrogens with zero attached hydrogens (tertiary/aromatic N) is 2. The van der Waals surface area contributed by atoms with E-state index in [2.05, 4.69) is 38.4 Å². The van der Waals surface area contributed by atoms with Crippen LogP contribution in [0, 0.1) is 5.82 Å². The van der Waals surface area contributed by atoms with E-state index in [1.807, 2.05) is 25.1 Å². The van der Waals surface area contributed by atoms with Crippen LogP contribution in [0.25, 0.3) is 11.1 Å². The third-order valence-corrected chi connectivity index (χ3v) is 11.8. The summed E-state index contributed by atoms with van der Waals surface area (Å²) in [6.07, 6.45) is 6.31. The van der Waals surface area contributed by atoms with Crippen LogP contribution in [0.3, 0.4) is 0 Å². The van der Waals surface area contributed by atoms with Crippen molar-refractivity contribution in [2.75, 3.05) is 31.7 Å². The van der Waals surface area contributed by atoms with Gasteiger partial charge in [-0.1, -0.05) is 56.7 Å². The number of phenolic OH excluding ortho intramolecular Hbond substituents is 1. The number of carbonyl (C=O) groups excluding carboxylic acids is 3. The van der Waals surface area contributed by atoms with Crippen LogP contribution in [0.5, 0.6) is 23.0 Å². The third kappa shape index (κ3) is 13.7. The Morgan fingerprint density at radius 2 is 1.69 bits per heavy atom. The molecule has 2 unspecified atom stereocenters. The van der Waals surface area contributed by atoms with Crippen LogP contribution in [0.1, 0.15) is 79.1 Å². The second-order valence-corrected chi connectivity index (χ2v) is 17.3. The minimum Gasteiger partial charge on any atom is -0.507 e. The van der Waals surface area contributed by atoms with Crippen molar-refractivity contribution >= 4 is 40.6 Å². The first-order valence-corrected chi connectivity index (χ1v) is 23.7. The number of halogens is 1. The zero-order valence-electron chi connectivity index (χ0n) is 37.6. The van der Waals surface area contributed by atoms with E-state index in [1.165, 1.54) is 42.7 Å². The van der Waals surface area contributed by atoms with Crippen LogP contribution in [0.2, 0.25) is 0 Å². The molecule has 1 aliphatic heterocycles. The number of benzene rings is 4. The smallest absolute Gasteiger partial charge is 0.261 e. The van der Waals surface area contributed by atoms with Crippen molar-refractivity contribution in [1.29, 1.82) is 0 Å². The largest absolute Gasteiger partial charge is 0.507 e. The zero-order chi connectivity index (χ0) is 47.9. The van der Waals surface area contributed by atoms with Crippen LogP contribution >= 0.6 is 10.9 Å². The molecule has 0 saturated carbocycles. The lowest BCUT2D eigenvalue weighted by molar-refractivity contribution is -0.128. The molecule has 0 saturated heterocycles. The average molecular weight is 941 g/mol. The maximum atomic E-state index is 13.5. The quantitative estimate of drug-likeness (QED) is 0.0187. The highest BCUT2D eigenvalue weighted by atomic mass is 32.3. The van der Waals surface area contributed by atoms with E-state index < -0.39 is 34.8 Å². The lowest BCUT2D eigenvalue weighted by Crippen LogP contribution is -2.45. The first-order valence-electron chi connectivity index (χ1n) is 22.2. The number of amides is 3. The summed E-state index contributed by atoms with van der Waals surface area (Å²) in [6.45, 7) is 6.91. The molecule has 4 aromatic carbocycles. The molecule has 5 aromatic rings. The number of phenols is 1. The first-order chi connectivity index (χ1) is 32.2. The Bertz CT molecular complexity index is 2520. The maximum Gasteiger partial charge on any atom is 0.261 e. The number of fused-ring (bicyclic) bond motifs is 1. The number of aromatic hydroxyl groups is 1. The van der Waals surface area contributed by atoms with Crippen molar-refractivity contribution in [3.8, 4) is 34.1 Å². The molecule has 8 N–H and O–H groups in total. The fraction of sp³-hybridized carbons (Fsp3) is 0.327. The van der Waals surface area contributed by atoms with Gasteiger partial charge in [-0.3, -0.25) is 19.8 Å². The Kier molecular flexibility index (Phi) is 17.5. The number of hydrazone groups is 1. The molecule has 67 heavy (non-hydrogen) atoms. The molecular weight excluding hydrogens is 884 g/mol. The highest BCUT2D eigenvalue weighted by Crippen LogP contribution is 2.45. The molecule has 0 aliphatic carbocycles. The van der Waals surface area contributed by atoms with E-state index in [0.717, 1.165) is 23.1 Å². The van der Waals surface area contributed by atoms with Gasteiger partial charge in [-0.15, -0.1) is 0 Å². The van der Waals surface area contributed by atoms with Gasteiger partial charge in [0, 0.05) is 48.5 Å². The monoisotopic (exact) mass is 940 g/mol. The lowest BCUT2D eigenvalue weighted by atomic mass is 9.96. The number of carbonyl (C=O) groups is 3. The summed E-state index contributed by atoms with van der Waals surface area (Å²) in [4.78, 5) is 42.9. The van der Waals surface area contributed by atoms with Gasteiger partial charge in [0.2, 0.25) is 5.91 Å². The van der Waals surface area contributed by atoms with Crippen LogP contribution < -0.4 is 35.6 Å². The minimum atomic E-state index is -3.94. The summed E-state index contributed by atoms with van der Waals surface area (Å²) in [7, 11) is -3.94. The van der Waals surface area contributed by atoms with Gasteiger partial charge in [-0.2, -0.15) is 5.10 Å². The summed E-state index contributed by atoms with van der Waals surface area (Å²) >= 11 is 0. The molecule has 2 heterocycles. The van der Waals surface area contributed by atoms with Crippen LogP contribution in [0.15, 0.2) is 101 Å². The van der Waals surface area contributed by atoms with Gasteiger partial charge >= 0.3 is 0 Å². The highest BCUT2D eigenvalue weighted by molar-refractivity contribution is 8.19. The maximum absolute atomic E-state index is 13.5. The minimum absolute atomic E-state index is 0.0505. The number of ether oxygens (including phenoxy) is 3. The van der Waals surface area contributed by atoms with E-state index >= 15 is 0 Å². The van der Waals surface area contributed by atoms with Crippen LogP contribution in [-0.2, 0) is 28.9 Å². The average Bonchev–Trinajstić information content (AvgIpc) is 3.32. The van der Waals surface area contributed by atoms with Crippen molar-refractivity contribution in [3.05, 3.63) is 125 Å². The Labute approximate surface area is 390 Å². The molecular formula is C49H57FN6O10S. The van der Waals surface area contributed by atoms with Crippen LogP contribution in [-0.4, -0.2) is 86.1 Å². The Hall–Kier alpha value is -6.73. The summed E-state index contributed by atoms with van der Waals surface area (Å²) < 4.78 is 61.0. The van der Waals surface area contributed by atoms with Crippen molar-refractivity contribution < 1.29 is 51.7 Å². The topological polar surface area (TPSA) is 233 Å². The molecule has 6 rings (SSSR count). The second-order valence-electron chi connectivity index (χ2n) is 15.8. The molecule has 1 aromatic heterocycles. The number of anilines is 1. The van der Waals surface area contributed by atoms with Crippen molar-refractivity contribution in [2.45, 2.75) is 82.8 Å². The number of hydrogen-bond donors (Lipinski definition) is 8. The summed E-state index contributed by atoms with van der Waals surface area (Å²) in [5.74, 6) is 0.772. The Morgan fingerprint density at radius 1 is 0.940 bits per heavy atom. The van der Waals surface area contributed by atoms with Gasteiger partial charge in [0.15, 0.2) is 6.10 Å². The van der Waals surface area contributed by atoms with Gasteiger partial charge < -0.3 is 48.9 Å². The number of aryl methyl sites for hydroxylation is 2. The van der Waals surface area contributed by atoms with Gasteiger partial charge in [-0.05, 0) is 98.2 Å². The fourth-order valence-electron chi connectivity index (χ4n) is 7.33. The normalized spacial score (nSPS) is 14.0. The lowest BCUT2D eigenvalue weighted by Gasteiger charge is -2.28. The van der Waals surface area contributed by atoms with Crippen molar-refractivity contribution in [2.24, 2.45) is 5.10 Å². The number of rotatable bonds is 22. The van der Waals surface area contributed by atoms with E-state index in [0.29, 0.717) is 86.7 Å². The summed E-state index contributed by atoms with van der Waals surface area (Å²) in [5.41, 5.74) is 7.32. The van der Waals surface area contributed by atoms with E-state index in [1.54, 1.807) is 43.3 Å². The predicted molar refractivity (Wildman–Crippen MR) is 255 cm³/mol. The second kappa shape index (κ2) is 23.6. The standard InChI is InChI=1S/C49H57FN6O10S/c1-4-10-38-41(64-25-9-26-65-43-28-40(57)39(27-32(43)5-2)33-13-18-37(50)19-14-33)20-15-34-16-21-42(66-46(34)38)49(60)52-24-8-23-51-47(58)31(3)55-48(59)36-17-22-45(53-29-36)56-54-30-35-11-6-7-12-44(35)67(61,62)63/h6-7,11-15,17-20,22,27-31,42,57,61-63H,4-5,8-10,16,21,23-26H2,1-3H3,(H,51,58)(H,52,60)(H,53,56)(H,55,59)/b54-30+. The molecule has 16 nitrogen and oxygen atoms in total. The van der Waals surface area contributed by atoms with E-state index in [4.69, 9.17) is 14.2 Å². The van der Waals surface area contributed by atoms with Gasteiger partial charge in [0.25, 0.3) is 11.8 Å². The van der Waals surface area contributed by atoms with E-state index in [9.17, 15) is 37.5 Å². The Morgan fingerprint density at radius 3 is 2.40 bits per heavy atom. The SMILES string of the molecule is CCCc1c(OCCCOc2cc(O)c(-c3ccc(F)cc3)cc2CC)ccc2c1OC(C(=O)NCCCNC(=O)C(C)NC(=O)c1ccc(N/N=C/c3ccccc3S(O)(O)O)nc1)CC2. The van der Waals surface area contributed by atoms with Crippen LogP contribution in [0.4, 0.5) is 10.2 Å². The van der Waals surface area contributed by atoms with Gasteiger partial charge in [0.05, 0.1) is 29.9 Å². The van der Waals surface area contributed by atoms with Crippen molar-refractivity contribution in [3.63, 3.8) is 0 Å². The highest BCUT2D eigenvalue weighted by Gasteiger charge is 2.29. The molecule has 18 heteroatoms. The molecule has 2 atom stereocenters. The summed E-state index contributed by atoms with van der Waals surface area (Å²) in [5, 5.41) is 23.1. The number of aromatic nitrogens is 1. The molecule has 0 fully saturated rings. The fourth-order valence-corrected chi connectivity index (χ4v) is 8.03. The van der Waals surface area contributed by atoms with Crippen molar-refractivity contribution in [1.82, 2.24) is 20.9 Å². The Balaban J connectivity index is 0.904. The molecule has 0 radical (unpaired) electrons. The number of pyridine rings is 1. The van der Waals surface area contributed by atoms with Gasteiger partial charge in [0.1, 0.15) is 51.5 Å². The molecule has 0 spiro atoms. The van der Waals surface area contributed by atoms with E-state index in [-0.39, 0.29) is 45.9 Å². The first kappa shape index (κ1) is 49.7. The number of nitrogens with one attached hydrogen (secondary N) is 4. The molecule has 356 valence electrons. The molecule has 1 aliphatic rings. The van der Waals surface area contributed by atoms with Gasteiger partial charge in [-0.25, -0.2) is 9.37 Å². The predicted octanol–water partition coefficient (Wildman–Crippen LogP) is 8.12. The zero-order valence-corrected chi connectivity index (χ0v) is 38.4. The summed E-state index contributed by atoms with van der Waals surface area (Å²) in [6, 6.07) is 21.6. The number of hydrogen-bond acceptors (Lipinski definition) is 13.